The highest BCUT2D eigenvalue weighted by Gasteiger charge is 2.27. The highest BCUT2D eigenvalue weighted by molar-refractivity contribution is 6.00. The molecule has 3 N–H and O–H groups in total. The second kappa shape index (κ2) is 10.3. The summed E-state index contributed by atoms with van der Waals surface area (Å²) in [6.45, 7) is 7.74. The molecule has 8 heteroatoms. The molecule has 174 valence electrons. The summed E-state index contributed by atoms with van der Waals surface area (Å²) in [7, 11) is 1.77. The van der Waals surface area contributed by atoms with E-state index in [0.717, 1.165) is 24.8 Å². The number of nitrogens with zero attached hydrogens (tertiary/aromatic N) is 1. The van der Waals surface area contributed by atoms with Crippen LogP contribution >= 0.6 is 0 Å². The van der Waals surface area contributed by atoms with Gasteiger partial charge in [0.2, 0.25) is 0 Å². The molecule has 2 heterocycles. The van der Waals surface area contributed by atoms with Crippen molar-refractivity contribution in [3.8, 4) is 0 Å². The molecule has 0 spiro atoms. The number of carbonyl (C=O) groups is 2. The van der Waals surface area contributed by atoms with Gasteiger partial charge in [-0.1, -0.05) is 12.1 Å². The molecule has 1 amide bonds. The van der Waals surface area contributed by atoms with Gasteiger partial charge < -0.3 is 14.6 Å². The molecule has 1 aliphatic heterocycles. The molecule has 1 fully saturated rings. The minimum absolute atomic E-state index is 0.143. The molecular formula is C24H33FN4O3. The zero-order chi connectivity index (χ0) is 23.4. The number of amides is 1. The Morgan fingerprint density at radius 3 is 2.53 bits per heavy atom. The number of esters is 1. The molecule has 32 heavy (non-hydrogen) atoms. The molecule has 1 aromatic carbocycles. The van der Waals surface area contributed by atoms with Crippen LogP contribution in [0.4, 0.5) is 4.39 Å². The van der Waals surface area contributed by atoms with E-state index in [-0.39, 0.29) is 29.9 Å². The van der Waals surface area contributed by atoms with E-state index in [1.807, 2.05) is 0 Å². The number of H-pyrrole nitrogens is 1. The highest BCUT2D eigenvalue weighted by atomic mass is 19.1. The van der Waals surface area contributed by atoms with E-state index < -0.39 is 5.97 Å². The number of benzene rings is 1. The van der Waals surface area contributed by atoms with Gasteiger partial charge in [-0.3, -0.25) is 15.6 Å². The summed E-state index contributed by atoms with van der Waals surface area (Å²) in [5.74, 6) is -0.792. The molecule has 2 aromatic rings. The lowest BCUT2D eigenvalue weighted by Crippen LogP contribution is -2.32. The molecule has 3 rings (SSSR count). The number of rotatable bonds is 8. The minimum Gasteiger partial charge on any atom is -0.459 e. The van der Waals surface area contributed by atoms with Gasteiger partial charge in [0.25, 0.3) is 5.91 Å². The first-order chi connectivity index (χ1) is 15.2. The zero-order valence-corrected chi connectivity index (χ0v) is 19.4. The van der Waals surface area contributed by atoms with Crippen molar-refractivity contribution in [2.24, 2.45) is 0 Å². The summed E-state index contributed by atoms with van der Waals surface area (Å²) in [6, 6.07) is 6.98. The average molecular weight is 445 g/mol. The Bertz CT molecular complexity index is 955. The van der Waals surface area contributed by atoms with E-state index in [1.165, 1.54) is 12.1 Å². The van der Waals surface area contributed by atoms with Crippen LogP contribution in [-0.2, 0) is 4.74 Å². The number of ether oxygens (including phenoxy) is 1. The van der Waals surface area contributed by atoms with E-state index in [1.54, 1.807) is 51.8 Å². The van der Waals surface area contributed by atoms with Gasteiger partial charge in [-0.05, 0) is 70.2 Å². The molecule has 1 aliphatic rings. The van der Waals surface area contributed by atoms with Crippen LogP contribution in [0.5, 0.6) is 0 Å². The van der Waals surface area contributed by atoms with Crippen molar-refractivity contribution < 1.29 is 18.7 Å². The summed E-state index contributed by atoms with van der Waals surface area (Å²) >= 11 is 0. The minimum atomic E-state index is -0.413. The number of aryl methyl sites for hydroxylation is 1. The fraction of sp³-hybridized carbons (Fsp3) is 0.500. The van der Waals surface area contributed by atoms with Crippen molar-refractivity contribution in [1.82, 2.24) is 20.7 Å². The molecule has 0 saturated carbocycles. The lowest BCUT2D eigenvalue weighted by Gasteiger charge is -2.18. The normalized spacial score (nSPS) is 18.2. The van der Waals surface area contributed by atoms with Crippen molar-refractivity contribution in [2.75, 3.05) is 13.6 Å². The largest absolute Gasteiger partial charge is 0.459 e. The van der Waals surface area contributed by atoms with Gasteiger partial charge in [0, 0.05) is 31.4 Å². The maximum absolute atomic E-state index is 13.1. The molecular weight excluding hydrogens is 411 g/mol. The number of hydrogen-bond donors (Lipinski definition) is 3. The van der Waals surface area contributed by atoms with Crippen molar-refractivity contribution in [3.05, 3.63) is 58.2 Å². The molecule has 0 aliphatic carbocycles. The van der Waals surface area contributed by atoms with Gasteiger partial charge in [-0.25, -0.2) is 9.18 Å². The quantitative estimate of drug-likeness (QED) is 0.539. The van der Waals surface area contributed by atoms with Gasteiger partial charge in [0.1, 0.15) is 11.5 Å². The number of nitrogens with one attached hydrogen (secondary N) is 3. The molecule has 2 atom stereocenters. The topological polar surface area (TPSA) is 86.5 Å². The number of aromatic nitrogens is 1. The van der Waals surface area contributed by atoms with E-state index in [9.17, 15) is 14.0 Å². The number of hydrazine groups is 1. The Morgan fingerprint density at radius 2 is 1.88 bits per heavy atom. The lowest BCUT2D eigenvalue weighted by atomic mass is 9.99. The number of aromatic amines is 1. The second-order valence-electron chi connectivity index (χ2n) is 8.77. The summed E-state index contributed by atoms with van der Waals surface area (Å²) in [5, 5.41) is 0. The molecule has 1 saturated heterocycles. The van der Waals surface area contributed by atoms with Crippen LogP contribution in [0.1, 0.15) is 76.8 Å². The smallest absolute Gasteiger partial charge is 0.340 e. The number of carbonyl (C=O) groups excluding carboxylic acids is 2. The first-order valence-corrected chi connectivity index (χ1v) is 11.1. The van der Waals surface area contributed by atoms with Gasteiger partial charge in [-0.2, -0.15) is 0 Å². The summed E-state index contributed by atoms with van der Waals surface area (Å²) in [6.07, 6.45) is 2.41. The Balaban J connectivity index is 1.51. The fourth-order valence-electron chi connectivity index (χ4n) is 4.14. The Labute approximate surface area is 188 Å². The monoisotopic (exact) mass is 444 g/mol. The van der Waals surface area contributed by atoms with Crippen LogP contribution in [0.2, 0.25) is 0 Å². The Hall–Kier alpha value is -2.71. The van der Waals surface area contributed by atoms with Crippen LogP contribution in [0.3, 0.4) is 0 Å². The predicted molar refractivity (Wildman–Crippen MR) is 121 cm³/mol. The number of halogens is 1. The SMILES string of the molecule is Cc1[nH]c(C(=O)N(C)CCCC2CC(c3ccc(F)cc3)NN2)c(C)c1C(=O)OC(C)C. The van der Waals surface area contributed by atoms with Gasteiger partial charge in [0.15, 0.2) is 0 Å². The van der Waals surface area contributed by atoms with Gasteiger partial charge >= 0.3 is 5.97 Å². The third-order valence-corrected chi connectivity index (χ3v) is 5.85. The second-order valence-corrected chi connectivity index (χ2v) is 8.77. The van der Waals surface area contributed by atoms with E-state index >= 15 is 0 Å². The molecule has 2 unspecified atom stereocenters. The molecule has 0 bridgehead atoms. The molecule has 1 aromatic heterocycles. The van der Waals surface area contributed by atoms with Gasteiger partial charge in [0.05, 0.1) is 11.7 Å². The molecule has 0 radical (unpaired) electrons. The van der Waals surface area contributed by atoms with Crippen molar-refractivity contribution in [2.45, 2.75) is 65.1 Å². The van der Waals surface area contributed by atoms with Crippen molar-refractivity contribution >= 4 is 11.9 Å². The Morgan fingerprint density at radius 1 is 1.19 bits per heavy atom. The van der Waals surface area contributed by atoms with Crippen molar-refractivity contribution in [3.63, 3.8) is 0 Å². The van der Waals surface area contributed by atoms with Crippen LogP contribution < -0.4 is 10.9 Å². The van der Waals surface area contributed by atoms with Crippen molar-refractivity contribution in [1.29, 1.82) is 0 Å². The Kier molecular flexibility index (Phi) is 7.69. The summed E-state index contributed by atoms with van der Waals surface area (Å²) < 4.78 is 18.4. The van der Waals surface area contributed by atoms with E-state index in [0.29, 0.717) is 29.1 Å². The zero-order valence-electron chi connectivity index (χ0n) is 19.4. The van der Waals surface area contributed by atoms with Crippen LogP contribution in [-0.4, -0.2) is 47.5 Å². The lowest BCUT2D eigenvalue weighted by molar-refractivity contribution is 0.0376. The average Bonchev–Trinajstić information content (AvgIpc) is 3.31. The predicted octanol–water partition coefficient (Wildman–Crippen LogP) is 3.80. The first-order valence-electron chi connectivity index (χ1n) is 11.1. The summed E-state index contributed by atoms with van der Waals surface area (Å²) in [5.41, 5.74) is 9.74. The van der Waals surface area contributed by atoms with Crippen LogP contribution in [0.25, 0.3) is 0 Å². The fourth-order valence-corrected chi connectivity index (χ4v) is 4.14. The molecule has 7 nitrogen and oxygen atoms in total. The maximum Gasteiger partial charge on any atom is 0.340 e. The van der Waals surface area contributed by atoms with E-state index in [4.69, 9.17) is 4.74 Å². The number of hydrogen-bond acceptors (Lipinski definition) is 5. The maximum atomic E-state index is 13.1. The van der Waals surface area contributed by atoms with E-state index in [2.05, 4.69) is 15.8 Å². The van der Waals surface area contributed by atoms with Gasteiger partial charge in [-0.15, -0.1) is 0 Å². The summed E-state index contributed by atoms with van der Waals surface area (Å²) in [4.78, 5) is 30.1. The third-order valence-electron chi connectivity index (χ3n) is 5.85. The highest BCUT2D eigenvalue weighted by Crippen LogP contribution is 2.25. The standard InChI is InChI=1S/C24H33FN4O3/c1-14(2)32-24(31)21-15(3)22(26-16(21)4)23(30)29(5)12-6-7-19-13-20(28-27-19)17-8-10-18(25)11-9-17/h8-11,14,19-20,26-28H,6-7,12-13H2,1-5H3. The third kappa shape index (κ3) is 5.55. The van der Waals surface area contributed by atoms with Crippen LogP contribution in [0, 0.1) is 19.7 Å². The van der Waals surface area contributed by atoms with Crippen LogP contribution in [0.15, 0.2) is 24.3 Å². The first kappa shape index (κ1) is 23.9.